The molecule has 0 bridgehead atoms. The third-order valence-electron chi connectivity index (χ3n) is 4.08. The quantitative estimate of drug-likeness (QED) is 0.214. The molecule has 7 nitrogen and oxygen atoms in total. The first-order chi connectivity index (χ1) is 15.4. The monoisotopic (exact) mass is 513 g/mol. The van der Waals surface area contributed by atoms with Crippen LogP contribution in [0.4, 0.5) is 0 Å². The van der Waals surface area contributed by atoms with Gasteiger partial charge in [-0.3, -0.25) is 9.59 Å². The van der Waals surface area contributed by atoms with Gasteiger partial charge in [-0.05, 0) is 70.0 Å². The largest absolute Gasteiger partial charge is 0.423 e. The van der Waals surface area contributed by atoms with Crippen LogP contribution in [0.3, 0.4) is 0 Å². The molecule has 0 spiro atoms. The Bertz CT molecular complexity index is 1170. The maximum Gasteiger partial charge on any atom is 0.344 e. The summed E-state index contributed by atoms with van der Waals surface area (Å²) in [6, 6.07) is 19.9. The highest BCUT2D eigenvalue weighted by Crippen LogP contribution is 2.19. The number of amides is 2. The van der Waals surface area contributed by atoms with E-state index in [0.717, 1.165) is 0 Å². The Morgan fingerprint density at radius 2 is 1.75 bits per heavy atom. The van der Waals surface area contributed by atoms with Crippen LogP contribution in [-0.2, 0) is 4.79 Å². The van der Waals surface area contributed by atoms with E-state index in [0.29, 0.717) is 31.9 Å². The van der Waals surface area contributed by atoms with Gasteiger partial charge in [0.15, 0.2) is 0 Å². The van der Waals surface area contributed by atoms with Crippen LogP contribution >= 0.6 is 27.5 Å². The van der Waals surface area contributed by atoms with E-state index in [9.17, 15) is 14.4 Å². The molecule has 162 valence electrons. The number of rotatable bonds is 7. The number of hydrogen-bond acceptors (Lipinski definition) is 5. The van der Waals surface area contributed by atoms with Gasteiger partial charge in [-0.1, -0.05) is 35.9 Å². The van der Waals surface area contributed by atoms with Crippen LogP contribution in [0.25, 0.3) is 0 Å². The summed E-state index contributed by atoms with van der Waals surface area (Å²) in [4.78, 5) is 36.2. The molecule has 0 radical (unpaired) electrons. The number of halogens is 2. The van der Waals surface area contributed by atoms with E-state index in [1.165, 1.54) is 6.21 Å². The fourth-order valence-electron chi connectivity index (χ4n) is 2.53. The lowest BCUT2D eigenvalue weighted by atomic mass is 10.2. The minimum Gasteiger partial charge on any atom is -0.423 e. The van der Waals surface area contributed by atoms with E-state index in [-0.39, 0.29) is 6.54 Å². The van der Waals surface area contributed by atoms with Crippen LogP contribution in [0, 0.1) is 0 Å². The number of ether oxygens (including phenoxy) is 1. The first-order valence-corrected chi connectivity index (χ1v) is 10.5. The van der Waals surface area contributed by atoms with Crippen molar-refractivity contribution in [3.63, 3.8) is 0 Å². The molecule has 0 heterocycles. The maximum absolute atomic E-state index is 12.3. The zero-order chi connectivity index (χ0) is 22.9. The predicted octanol–water partition coefficient (Wildman–Crippen LogP) is 4.20. The number of hydrazone groups is 1. The van der Waals surface area contributed by atoms with Crippen molar-refractivity contribution in [3.05, 3.63) is 99.0 Å². The highest BCUT2D eigenvalue weighted by atomic mass is 79.9. The molecule has 3 aromatic rings. The number of nitrogens with one attached hydrogen (secondary N) is 2. The third kappa shape index (κ3) is 6.76. The van der Waals surface area contributed by atoms with Crippen LogP contribution in [0.2, 0.25) is 5.02 Å². The third-order valence-corrected chi connectivity index (χ3v) is 5.02. The van der Waals surface area contributed by atoms with Crippen LogP contribution in [0.5, 0.6) is 5.75 Å². The average Bonchev–Trinajstić information content (AvgIpc) is 2.78. The fraction of sp³-hybridized carbons (Fsp3) is 0.0435. The zero-order valence-electron chi connectivity index (χ0n) is 16.5. The molecule has 0 unspecified atom stereocenters. The average molecular weight is 515 g/mol. The molecule has 2 N–H and O–H groups in total. The summed E-state index contributed by atoms with van der Waals surface area (Å²) < 4.78 is 6.02. The molecule has 2 amide bonds. The van der Waals surface area contributed by atoms with Gasteiger partial charge in [0.25, 0.3) is 11.8 Å². The number of hydrogen-bond donors (Lipinski definition) is 2. The zero-order valence-corrected chi connectivity index (χ0v) is 18.9. The number of nitrogens with zero attached hydrogens (tertiary/aromatic N) is 1. The Labute approximate surface area is 197 Å². The molecular weight excluding hydrogens is 498 g/mol. The summed E-state index contributed by atoms with van der Waals surface area (Å²) in [5.41, 5.74) is 3.72. The second kappa shape index (κ2) is 11.2. The molecule has 32 heavy (non-hydrogen) atoms. The van der Waals surface area contributed by atoms with Crippen molar-refractivity contribution in [1.29, 1.82) is 0 Å². The summed E-state index contributed by atoms with van der Waals surface area (Å²) in [5, 5.41) is 6.86. The lowest BCUT2D eigenvalue weighted by molar-refractivity contribution is -0.120. The molecule has 3 rings (SSSR count). The van der Waals surface area contributed by atoms with E-state index in [2.05, 4.69) is 31.8 Å². The van der Waals surface area contributed by atoms with Crippen molar-refractivity contribution in [2.24, 2.45) is 5.10 Å². The Hall–Kier alpha value is -3.49. The molecule has 0 aliphatic carbocycles. The first-order valence-electron chi connectivity index (χ1n) is 9.35. The van der Waals surface area contributed by atoms with Crippen LogP contribution in [0.1, 0.15) is 26.3 Å². The van der Waals surface area contributed by atoms with Crippen LogP contribution in [-0.4, -0.2) is 30.5 Å². The van der Waals surface area contributed by atoms with Crippen molar-refractivity contribution in [2.45, 2.75) is 0 Å². The van der Waals surface area contributed by atoms with Crippen molar-refractivity contribution in [2.75, 3.05) is 6.54 Å². The second-order valence-electron chi connectivity index (χ2n) is 6.42. The number of esters is 1. The van der Waals surface area contributed by atoms with E-state index >= 15 is 0 Å². The van der Waals surface area contributed by atoms with Crippen molar-refractivity contribution >= 4 is 51.5 Å². The molecule has 0 saturated heterocycles. The summed E-state index contributed by atoms with van der Waals surface area (Å²) in [7, 11) is 0. The normalized spacial score (nSPS) is 10.6. The molecular formula is C23H17BrClN3O4. The number of benzene rings is 3. The lowest BCUT2D eigenvalue weighted by Gasteiger charge is -2.06. The summed E-state index contributed by atoms with van der Waals surface area (Å²) in [5.74, 6) is -1.08. The van der Waals surface area contributed by atoms with E-state index in [1.54, 1.807) is 72.8 Å². The van der Waals surface area contributed by atoms with Gasteiger partial charge in [-0.25, -0.2) is 10.2 Å². The van der Waals surface area contributed by atoms with Crippen LogP contribution < -0.4 is 15.5 Å². The van der Waals surface area contributed by atoms with Gasteiger partial charge in [0, 0.05) is 15.1 Å². The Morgan fingerprint density at radius 1 is 1.00 bits per heavy atom. The van der Waals surface area contributed by atoms with Gasteiger partial charge in [-0.15, -0.1) is 0 Å². The summed E-state index contributed by atoms with van der Waals surface area (Å²) >= 11 is 9.10. The fourth-order valence-corrected chi connectivity index (χ4v) is 3.10. The highest BCUT2D eigenvalue weighted by molar-refractivity contribution is 9.10. The smallest absolute Gasteiger partial charge is 0.344 e. The van der Waals surface area contributed by atoms with E-state index in [4.69, 9.17) is 16.3 Å². The van der Waals surface area contributed by atoms with E-state index in [1.807, 2.05) is 0 Å². The summed E-state index contributed by atoms with van der Waals surface area (Å²) in [6.07, 6.45) is 1.40. The SMILES string of the molecule is O=C(CNC(=O)c1ccc(Cl)cc1)N/N=C/c1cccc(OC(=O)c2ccccc2Br)c1. The minimum absolute atomic E-state index is 0.248. The molecule has 0 saturated carbocycles. The molecule has 0 aliphatic heterocycles. The minimum atomic E-state index is -0.503. The Balaban J connectivity index is 1.50. The van der Waals surface area contributed by atoms with Gasteiger partial charge >= 0.3 is 5.97 Å². The van der Waals surface area contributed by atoms with Gasteiger partial charge < -0.3 is 10.1 Å². The van der Waals surface area contributed by atoms with Crippen molar-refractivity contribution < 1.29 is 19.1 Å². The van der Waals surface area contributed by atoms with Crippen LogP contribution in [0.15, 0.2) is 82.4 Å². The number of carbonyl (C=O) groups excluding carboxylic acids is 3. The number of carbonyl (C=O) groups is 3. The van der Waals surface area contributed by atoms with Gasteiger partial charge in [-0.2, -0.15) is 5.10 Å². The topological polar surface area (TPSA) is 96.9 Å². The molecule has 0 aliphatic rings. The van der Waals surface area contributed by atoms with Crippen molar-refractivity contribution in [3.8, 4) is 5.75 Å². The molecule has 0 fully saturated rings. The van der Waals surface area contributed by atoms with Gasteiger partial charge in [0.2, 0.25) is 0 Å². The standard InChI is InChI=1S/C23H17BrClN3O4/c24-20-7-2-1-6-19(20)23(31)32-18-5-3-4-15(12-18)13-27-28-21(29)14-26-22(30)16-8-10-17(25)11-9-16/h1-13H,14H2,(H,26,30)(H,28,29)/b27-13+. The maximum atomic E-state index is 12.3. The van der Waals surface area contributed by atoms with Gasteiger partial charge in [0.05, 0.1) is 18.3 Å². The van der Waals surface area contributed by atoms with E-state index < -0.39 is 17.8 Å². The predicted molar refractivity (Wildman–Crippen MR) is 125 cm³/mol. The summed E-state index contributed by atoms with van der Waals surface area (Å²) in [6.45, 7) is -0.248. The lowest BCUT2D eigenvalue weighted by Crippen LogP contribution is -2.34. The molecule has 0 aromatic heterocycles. The Morgan fingerprint density at radius 3 is 2.50 bits per heavy atom. The second-order valence-corrected chi connectivity index (χ2v) is 7.72. The van der Waals surface area contributed by atoms with Crippen molar-refractivity contribution in [1.82, 2.24) is 10.7 Å². The Kier molecular flexibility index (Phi) is 8.13. The highest BCUT2D eigenvalue weighted by Gasteiger charge is 2.12. The molecule has 9 heteroatoms. The van der Waals surface area contributed by atoms with Gasteiger partial charge in [0.1, 0.15) is 5.75 Å². The molecule has 0 atom stereocenters. The molecule has 3 aromatic carbocycles. The first kappa shape index (κ1) is 23.2.